The fraction of sp³-hybridized carbons (Fsp3) is 0.643. The quantitative estimate of drug-likeness (QED) is 0.851. The summed E-state index contributed by atoms with van der Waals surface area (Å²) in [6, 6.07) is 0.861. The van der Waals surface area contributed by atoms with Crippen LogP contribution >= 0.6 is 0 Å². The number of aromatic nitrogens is 4. The average molecular weight is 331 g/mol. The van der Waals surface area contributed by atoms with Crippen LogP contribution in [-0.2, 0) is 6.18 Å². The topological polar surface area (TPSA) is 75.3 Å². The number of nitrogens with one attached hydrogen (secondary N) is 1. The molecule has 0 bridgehead atoms. The molecule has 2 aromatic rings. The highest BCUT2D eigenvalue weighted by atomic mass is 19.4. The monoisotopic (exact) mass is 331 g/mol. The van der Waals surface area contributed by atoms with Crippen molar-refractivity contribution >= 4 is 11.6 Å². The lowest BCUT2D eigenvalue weighted by Gasteiger charge is -2.25. The normalized spacial score (nSPS) is 15.1. The van der Waals surface area contributed by atoms with Gasteiger partial charge >= 0.3 is 6.18 Å². The average Bonchev–Trinajstić information content (AvgIpc) is 2.90. The molecular formula is C14H20F3N5O. The summed E-state index contributed by atoms with van der Waals surface area (Å²) in [6.45, 7) is 5.82. The molecule has 0 saturated heterocycles. The van der Waals surface area contributed by atoms with Crippen LogP contribution < -0.4 is 5.32 Å². The molecule has 0 aliphatic heterocycles. The molecule has 0 spiro atoms. The second kappa shape index (κ2) is 6.31. The molecule has 23 heavy (non-hydrogen) atoms. The zero-order chi connectivity index (χ0) is 17.3. The van der Waals surface area contributed by atoms with Gasteiger partial charge in [0.2, 0.25) is 0 Å². The molecule has 2 aromatic heterocycles. The van der Waals surface area contributed by atoms with Crippen molar-refractivity contribution in [3.8, 4) is 0 Å². The van der Waals surface area contributed by atoms with E-state index in [1.807, 2.05) is 13.8 Å². The van der Waals surface area contributed by atoms with Crippen molar-refractivity contribution in [2.45, 2.75) is 45.4 Å². The van der Waals surface area contributed by atoms with Crippen molar-refractivity contribution in [3.05, 3.63) is 18.1 Å². The van der Waals surface area contributed by atoms with E-state index in [9.17, 15) is 18.3 Å². The van der Waals surface area contributed by atoms with E-state index in [-0.39, 0.29) is 18.1 Å². The molecule has 1 unspecified atom stereocenters. The molecule has 0 saturated carbocycles. The van der Waals surface area contributed by atoms with Crippen molar-refractivity contribution in [1.29, 1.82) is 0 Å². The second-order valence-corrected chi connectivity index (χ2v) is 6.28. The fourth-order valence-corrected chi connectivity index (χ4v) is 2.05. The molecule has 6 nitrogen and oxygen atoms in total. The number of nitrogens with zero attached hydrogens (tertiary/aromatic N) is 4. The summed E-state index contributed by atoms with van der Waals surface area (Å²) in [5, 5.41) is 17.0. The number of alkyl halides is 3. The molecular weight excluding hydrogens is 311 g/mol. The molecule has 0 fully saturated rings. The summed E-state index contributed by atoms with van der Waals surface area (Å²) in [4.78, 5) is 7.13. The highest BCUT2D eigenvalue weighted by molar-refractivity contribution is 5.45. The van der Waals surface area contributed by atoms with E-state index in [2.05, 4.69) is 20.4 Å². The highest BCUT2D eigenvalue weighted by Gasteiger charge is 2.34. The summed E-state index contributed by atoms with van der Waals surface area (Å²) in [5.41, 5.74) is -2.10. The lowest BCUT2D eigenvalue weighted by atomic mass is 9.95. The predicted molar refractivity (Wildman–Crippen MR) is 79.0 cm³/mol. The van der Waals surface area contributed by atoms with E-state index >= 15 is 0 Å². The molecule has 1 atom stereocenters. The predicted octanol–water partition coefficient (Wildman–Crippen LogP) is 2.74. The maximum Gasteiger partial charge on any atom is 0.433 e. The molecule has 0 aromatic carbocycles. The van der Waals surface area contributed by atoms with Gasteiger partial charge in [-0.25, -0.2) is 4.98 Å². The third-order valence-corrected chi connectivity index (χ3v) is 3.45. The van der Waals surface area contributed by atoms with Gasteiger partial charge in [0.05, 0.1) is 5.60 Å². The van der Waals surface area contributed by atoms with Crippen LogP contribution in [0.25, 0.3) is 5.78 Å². The Balaban J connectivity index is 2.20. The van der Waals surface area contributed by atoms with Crippen molar-refractivity contribution in [2.24, 2.45) is 5.92 Å². The van der Waals surface area contributed by atoms with Crippen LogP contribution in [-0.4, -0.2) is 36.8 Å². The Morgan fingerprint density at radius 2 is 2.04 bits per heavy atom. The zero-order valence-corrected chi connectivity index (χ0v) is 13.2. The van der Waals surface area contributed by atoms with Crippen LogP contribution in [0.5, 0.6) is 0 Å². The molecule has 0 aliphatic rings. The van der Waals surface area contributed by atoms with E-state index < -0.39 is 17.5 Å². The van der Waals surface area contributed by atoms with Gasteiger partial charge in [0.25, 0.3) is 5.78 Å². The van der Waals surface area contributed by atoms with Crippen molar-refractivity contribution < 1.29 is 18.3 Å². The molecule has 2 heterocycles. The van der Waals surface area contributed by atoms with Crippen LogP contribution in [0.15, 0.2) is 12.4 Å². The van der Waals surface area contributed by atoms with Crippen LogP contribution in [0, 0.1) is 5.92 Å². The van der Waals surface area contributed by atoms with Gasteiger partial charge in [0.15, 0.2) is 5.69 Å². The summed E-state index contributed by atoms with van der Waals surface area (Å²) >= 11 is 0. The maximum atomic E-state index is 12.9. The highest BCUT2D eigenvalue weighted by Crippen LogP contribution is 2.29. The third kappa shape index (κ3) is 4.54. The largest absolute Gasteiger partial charge is 0.433 e. The number of halogens is 3. The number of hydrogen-bond donors (Lipinski definition) is 2. The number of anilines is 1. The lowest BCUT2D eigenvalue weighted by Crippen LogP contribution is -2.34. The van der Waals surface area contributed by atoms with Gasteiger partial charge in [-0.05, 0) is 25.7 Å². The van der Waals surface area contributed by atoms with Crippen molar-refractivity contribution in [3.63, 3.8) is 0 Å². The first-order valence-electron chi connectivity index (χ1n) is 7.33. The Labute approximate surface area is 131 Å². The summed E-state index contributed by atoms with van der Waals surface area (Å²) in [7, 11) is 0. The minimum atomic E-state index is -4.58. The van der Waals surface area contributed by atoms with E-state index in [0.717, 1.165) is 18.8 Å². The third-order valence-electron chi connectivity index (χ3n) is 3.45. The minimum Gasteiger partial charge on any atom is -0.388 e. The van der Waals surface area contributed by atoms with Crippen LogP contribution in [0.2, 0.25) is 0 Å². The first kappa shape index (κ1) is 17.5. The molecule has 2 N–H and O–H groups in total. The molecule has 9 heteroatoms. The van der Waals surface area contributed by atoms with Gasteiger partial charge < -0.3 is 10.4 Å². The molecule has 128 valence electrons. The summed E-state index contributed by atoms with van der Waals surface area (Å²) < 4.78 is 39.8. The van der Waals surface area contributed by atoms with Crippen LogP contribution in [0.1, 0.15) is 39.3 Å². The Hall–Kier alpha value is -1.90. The summed E-state index contributed by atoms with van der Waals surface area (Å²) in [6.07, 6.45) is -2.10. The van der Waals surface area contributed by atoms with E-state index in [0.29, 0.717) is 12.3 Å². The Morgan fingerprint density at radius 1 is 1.35 bits per heavy atom. The van der Waals surface area contributed by atoms with Gasteiger partial charge in [-0.1, -0.05) is 13.8 Å². The van der Waals surface area contributed by atoms with Crippen molar-refractivity contribution in [2.75, 3.05) is 11.9 Å². The molecule has 2 rings (SSSR count). The maximum absolute atomic E-state index is 12.9. The fourth-order valence-electron chi connectivity index (χ4n) is 2.05. The second-order valence-electron chi connectivity index (χ2n) is 6.28. The first-order chi connectivity index (χ1) is 10.6. The van der Waals surface area contributed by atoms with Gasteiger partial charge in [0, 0.05) is 12.6 Å². The van der Waals surface area contributed by atoms with Gasteiger partial charge in [0.1, 0.15) is 12.1 Å². The lowest BCUT2D eigenvalue weighted by molar-refractivity contribution is -0.141. The standard InChI is InChI=1S/C14H20F3N5O/c1-9(2)4-5-13(3,23)7-18-11-6-10(14(15,16)17)21-12-19-8-20-22(11)12/h6,8-9,18,23H,4-5,7H2,1-3H3. The first-order valence-corrected chi connectivity index (χ1v) is 7.33. The van der Waals surface area contributed by atoms with Gasteiger partial charge in [-0.2, -0.15) is 27.8 Å². The number of aliphatic hydroxyl groups is 1. The Kier molecular flexibility index (Phi) is 4.79. The van der Waals surface area contributed by atoms with Crippen LogP contribution in [0.4, 0.5) is 19.0 Å². The minimum absolute atomic E-state index is 0.0876. The van der Waals surface area contributed by atoms with E-state index in [4.69, 9.17) is 0 Å². The van der Waals surface area contributed by atoms with Gasteiger partial charge in [-0.15, -0.1) is 0 Å². The van der Waals surface area contributed by atoms with E-state index in [1.165, 1.54) is 4.52 Å². The Bertz CT molecular complexity index is 666. The van der Waals surface area contributed by atoms with E-state index in [1.54, 1.807) is 6.92 Å². The Morgan fingerprint density at radius 3 is 2.65 bits per heavy atom. The molecule has 0 radical (unpaired) electrons. The molecule has 0 amide bonds. The summed E-state index contributed by atoms with van der Waals surface area (Å²) in [5.74, 6) is 0.370. The molecule has 0 aliphatic carbocycles. The smallest absolute Gasteiger partial charge is 0.388 e. The van der Waals surface area contributed by atoms with Crippen LogP contribution in [0.3, 0.4) is 0 Å². The SMILES string of the molecule is CC(C)CCC(C)(O)CNc1cc(C(F)(F)F)nc2ncnn12. The zero-order valence-electron chi connectivity index (χ0n) is 13.2. The van der Waals surface area contributed by atoms with Crippen molar-refractivity contribution in [1.82, 2.24) is 19.6 Å². The number of fused-ring (bicyclic) bond motifs is 1. The number of hydrogen-bond acceptors (Lipinski definition) is 5. The number of rotatable bonds is 6. The van der Waals surface area contributed by atoms with Gasteiger partial charge in [-0.3, -0.25) is 0 Å².